The largest absolute Gasteiger partial charge is 0.468 e. The number of furan rings is 1. The van der Waals surface area contributed by atoms with Crippen LogP contribution in [0.4, 0.5) is 0 Å². The normalized spacial score (nSPS) is 27.2. The lowest BCUT2D eigenvalue weighted by molar-refractivity contribution is 0.0937. The molecule has 1 amide bonds. The molecule has 3 rings (SSSR count). The number of fused-ring (bicyclic) bond motifs is 1. The third-order valence-electron chi connectivity index (χ3n) is 3.62. The molecule has 0 fully saturated rings. The zero-order chi connectivity index (χ0) is 14.3. The van der Waals surface area contributed by atoms with Gasteiger partial charge in [-0.15, -0.1) is 0 Å². The Morgan fingerprint density at radius 3 is 2.95 bits per heavy atom. The Hall–Kier alpha value is -1.60. The third kappa shape index (κ3) is 2.38. The van der Waals surface area contributed by atoms with Crippen molar-refractivity contribution in [1.82, 2.24) is 5.32 Å². The van der Waals surface area contributed by atoms with Crippen LogP contribution in [0, 0.1) is 0 Å². The summed E-state index contributed by atoms with van der Waals surface area (Å²) in [5.41, 5.74) is 0.837. The number of aliphatic hydroxyl groups excluding tert-OH is 1. The first-order chi connectivity index (χ1) is 9.46. The summed E-state index contributed by atoms with van der Waals surface area (Å²) < 4.78 is 27.9. The van der Waals surface area contributed by atoms with Gasteiger partial charge in [0.05, 0.1) is 23.5 Å². The molecule has 2 heterocycles. The first-order valence-corrected chi connectivity index (χ1v) is 8.18. The van der Waals surface area contributed by atoms with Gasteiger partial charge in [0.25, 0.3) is 5.91 Å². The highest BCUT2D eigenvalue weighted by Gasteiger charge is 2.30. The molecule has 0 saturated carbocycles. The minimum atomic E-state index is -3.21. The number of carbonyl (C=O) groups excluding carboxylic acids is 1. The SMILES string of the molecule is O=C(NC1C=CS(=O)(=O)C1)c1coc2c1C(O)CCC2. The molecule has 0 saturated heterocycles. The smallest absolute Gasteiger partial charge is 0.255 e. The van der Waals surface area contributed by atoms with E-state index in [9.17, 15) is 18.3 Å². The van der Waals surface area contributed by atoms with Crippen LogP contribution in [0.1, 0.15) is 40.6 Å². The van der Waals surface area contributed by atoms with Gasteiger partial charge in [-0.05, 0) is 18.9 Å². The quantitative estimate of drug-likeness (QED) is 0.837. The summed E-state index contributed by atoms with van der Waals surface area (Å²) in [6.45, 7) is 0. The maximum absolute atomic E-state index is 12.2. The maximum Gasteiger partial charge on any atom is 0.255 e. The fourth-order valence-corrected chi connectivity index (χ4v) is 3.89. The average molecular weight is 297 g/mol. The molecular weight excluding hydrogens is 282 g/mol. The number of rotatable bonds is 2. The van der Waals surface area contributed by atoms with Crippen molar-refractivity contribution in [2.75, 3.05) is 5.75 Å². The molecule has 1 aliphatic carbocycles. The molecule has 20 heavy (non-hydrogen) atoms. The lowest BCUT2D eigenvalue weighted by atomic mass is 9.92. The van der Waals surface area contributed by atoms with Gasteiger partial charge >= 0.3 is 0 Å². The molecule has 0 spiro atoms. The van der Waals surface area contributed by atoms with Crippen LogP contribution < -0.4 is 5.32 Å². The second-order valence-corrected chi connectivity index (χ2v) is 7.06. The van der Waals surface area contributed by atoms with Crippen LogP contribution in [0.3, 0.4) is 0 Å². The van der Waals surface area contributed by atoms with E-state index in [0.29, 0.717) is 29.7 Å². The number of hydrogen-bond donors (Lipinski definition) is 2. The number of sulfone groups is 1. The van der Waals surface area contributed by atoms with Gasteiger partial charge in [0.1, 0.15) is 12.0 Å². The van der Waals surface area contributed by atoms with E-state index >= 15 is 0 Å². The van der Waals surface area contributed by atoms with E-state index in [4.69, 9.17) is 4.42 Å². The summed E-state index contributed by atoms with van der Waals surface area (Å²) in [5.74, 6) is 0.104. The fourth-order valence-electron chi connectivity index (χ4n) is 2.65. The number of amides is 1. The molecule has 0 radical (unpaired) electrons. The lowest BCUT2D eigenvalue weighted by Crippen LogP contribution is -2.36. The van der Waals surface area contributed by atoms with E-state index in [1.165, 1.54) is 12.3 Å². The molecule has 1 aliphatic heterocycles. The van der Waals surface area contributed by atoms with Crippen molar-refractivity contribution in [2.24, 2.45) is 0 Å². The van der Waals surface area contributed by atoms with Crippen molar-refractivity contribution in [2.45, 2.75) is 31.4 Å². The van der Waals surface area contributed by atoms with Gasteiger partial charge < -0.3 is 14.8 Å². The second kappa shape index (κ2) is 4.75. The van der Waals surface area contributed by atoms with Crippen molar-refractivity contribution in [3.8, 4) is 0 Å². The summed E-state index contributed by atoms with van der Waals surface area (Å²) in [6.07, 6.45) is 4.23. The van der Waals surface area contributed by atoms with Gasteiger partial charge in [-0.2, -0.15) is 0 Å². The van der Waals surface area contributed by atoms with E-state index < -0.39 is 27.9 Å². The van der Waals surface area contributed by atoms with Crippen LogP contribution in [0.15, 0.2) is 22.2 Å². The maximum atomic E-state index is 12.2. The van der Waals surface area contributed by atoms with E-state index in [-0.39, 0.29) is 5.75 Å². The molecule has 6 nitrogen and oxygen atoms in total. The van der Waals surface area contributed by atoms with Gasteiger partial charge in [-0.25, -0.2) is 8.42 Å². The van der Waals surface area contributed by atoms with E-state index in [0.717, 1.165) is 11.8 Å². The first kappa shape index (κ1) is 13.4. The van der Waals surface area contributed by atoms with E-state index in [1.54, 1.807) is 0 Å². The number of nitrogens with one attached hydrogen (secondary N) is 1. The van der Waals surface area contributed by atoms with Gasteiger partial charge in [0.2, 0.25) is 0 Å². The molecular formula is C13H15NO5S. The Morgan fingerprint density at radius 2 is 2.25 bits per heavy atom. The molecule has 0 bridgehead atoms. The van der Waals surface area contributed by atoms with Crippen molar-refractivity contribution < 1.29 is 22.7 Å². The standard InChI is InChI=1S/C13H15NO5S/c15-10-2-1-3-11-12(10)9(6-19-11)13(16)14-8-4-5-20(17,18)7-8/h4-6,8,10,15H,1-3,7H2,(H,14,16). The Morgan fingerprint density at radius 1 is 1.45 bits per heavy atom. The molecule has 1 aromatic rings. The second-order valence-electron chi connectivity index (χ2n) is 5.13. The van der Waals surface area contributed by atoms with Crippen molar-refractivity contribution in [3.63, 3.8) is 0 Å². The Bertz CT molecular complexity index is 673. The van der Waals surface area contributed by atoms with Crippen LogP contribution in [0.2, 0.25) is 0 Å². The summed E-state index contributed by atoms with van der Waals surface area (Å²) in [4.78, 5) is 12.2. The molecule has 2 atom stereocenters. The first-order valence-electron chi connectivity index (χ1n) is 6.46. The summed E-state index contributed by atoms with van der Waals surface area (Å²) in [5, 5.41) is 13.7. The number of hydrogen-bond acceptors (Lipinski definition) is 5. The zero-order valence-electron chi connectivity index (χ0n) is 10.7. The summed E-state index contributed by atoms with van der Waals surface area (Å²) >= 11 is 0. The van der Waals surface area contributed by atoms with Gasteiger partial charge in [-0.3, -0.25) is 4.79 Å². The topological polar surface area (TPSA) is 96.6 Å². The van der Waals surface area contributed by atoms with Gasteiger partial charge in [-0.1, -0.05) is 0 Å². The highest BCUT2D eigenvalue weighted by atomic mass is 32.2. The minimum absolute atomic E-state index is 0.124. The molecule has 108 valence electrons. The highest BCUT2D eigenvalue weighted by molar-refractivity contribution is 7.94. The van der Waals surface area contributed by atoms with Crippen molar-refractivity contribution in [3.05, 3.63) is 34.6 Å². The monoisotopic (exact) mass is 297 g/mol. The predicted molar refractivity (Wildman–Crippen MR) is 70.8 cm³/mol. The molecule has 7 heteroatoms. The van der Waals surface area contributed by atoms with E-state index in [1.807, 2.05) is 0 Å². The molecule has 2 N–H and O–H groups in total. The minimum Gasteiger partial charge on any atom is -0.468 e. The zero-order valence-corrected chi connectivity index (χ0v) is 11.5. The summed E-state index contributed by atoms with van der Waals surface area (Å²) in [7, 11) is -3.21. The molecule has 0 aromatic carbocycles. The van der Waals surface area contributed by atoms with Crippen molar-refractivity contribution >= 4 is 15.7 Å². The Balaban J connectivity index is 1.79. The van der Waals surface area contributed by atoms with Gasteiger partial charge in [0.15, 0.2) is 9.84 Å². The van der Waals surface area contributed by atoms with Crippen LogP contribution in [0.25, 0.3) is 0 Å². The Labute approximate surface area is 116 Å². The van der Waals surface area contributed by atoms with Crippen LogP contribution in [-0.2, 0) is 16.3 Å². The molecule has 2 aliphatic rings. The number of carbonyl (C=O) groups is 1. The molecule has 2 unspecified atom stereocenters. The fraction of sp³-hybridized carbons (Fsp3) is 0.462. The third-order valence-corrected chi connectivity index (χ3v) is 5.01. The van der Waals surface area contributed by atoms with Crippen LogP contribution >= 0.6 is 0 Å². The average Bonchev–Trinajstić information content (AvgIpc) is 2.94. The predicted octanol–water partition coefficient (Wildman–Crippen LogP) is 0.690. The van der Waals surface area contributed by atoms with Crippen molar-refractivity contribution in [1.29, 1.82) is 0 Å². The molecule has 1 aromatic heterocycles. The van der Waals surface area contributed by atoms with Gasteiger partial charge in [0, 0.05) is 17.4 Å². The Kier molecular flexibility index (Phi) is 3.18. The lowest BCUT2D eigenvalue weighted by Gasteiger charge is -2.18. The van der Waals surface area contributed by atoms with E-state index in [2.05, 4.69) is 5.32 Å². The van der Waals surface area contributed by atoms with Crippen LogP contribution in [0.5, 0.6) is 0 Å². The highest BCUT2D eigenvalue weighted by Crippen LogP contribution is 2.33. The number of aryl methyl sites for hydroxylation is 1. The summed E-state index contributed by atoms with van der Waals surface area (Å²) in [6, 6.07) is -0.529. The number of aliphatic hydroxyl groups is 1. The van der Waals surface area contributed by atoms with Crippen LogP contribution in [-0.4, -0.2) is 31.2 Å².